The van der Waals surface area contributed by atoms with Crippen LogP contribution in [0.3, 0.4) is 0 Å². The van der Waals surface area contributed by atoms with Crippen molar-refractivity contribution in [3.05, 3.63) is 0 Å². The van der Waals surface area contributed by atoms with Gasteiger partial charge in [-0.3, -0.25) is 0 Å². The molecule has 19 heavy (non-hydrogen) atoms. The number of alkyl halides is 9. The van der Waals surface area contributed by atoms with Gasteiger partial charge in [-0.1, -0.05) is 0 Å². The van der Waals surface area contributed by atoms with E-state index < -0.39 is 47.9 Å². The largest absolute Gasteiger partial charge is 0.491 e. The van der Waals surface area contributed by atoms with Crippen molar-refractivity contribution in [2.75, 3.05) is 0 Å². The van der Waals surface area contributed by atoms with E-state index in [2.05, 4.69) is 13.3 Å². The Bertz CT molecular complexity index is 208. The molecule has 0 saturated heterocycles. The van der Waals surface area contributed by atoms with Crippen molar-refractivity contribution in [1.82, 2.24) is 0 Å². The predicted molar refractivity (Wildman–Crippen MR) is 43.1 cm³/mol. The molecule has 0 aliphatic heterocycles. The summed E-state index contributed by atoms with van der Waals surface area (Å²) >= 11 is 0. The van der Waals surface area contributed by atoms with E-state index in [1.165, 1.54) is 0 Å². The number of hydrogen-bond donors (Lipinski definition) is 0. The van der Waals surface area contributed by atoms with Crippen molar-refractivity contribution in [3.63, 3.8) is 0 Å². The molecule has 0 N–H and O–H groups in total. The first-order valence-corrected chi connectivity index (χ1v) is 5.79. The molecule has 0 bridgehead atoms. The van der Waals surface area contributed by atoms with Gasteiger partial charge in [0.2, 0.25) is 0 Å². The Morgan fingerprint density at radius 1 is 0.474 bits per heavy atom. The first-order valence-electron chi connectivity index (χ1n) is 4.38. The average molecular weight is 326 g/mol. The summed E-state index contributed by atoms with van der Waals surface area (Å²) in [7, 11) is -4.64. The average Bonchev–Trinajstić information content (AvgIpc) is 2.27. The molecule has 0 fully saturated rings. The lowest BCUT2D eigenvalue weighted by molar-refractivity contribution is -0.162. The molecule has 3 unspecified atom stereocenters. The molecule has 0 aliphatic carbocycles. The molecular weight excluding hydrogens is 319 g/mol. The Kier molecular flexibility index (Phi) is 8.36. The van der Waals surface area contributed by atoms with Crippen LogP contribution in [-0.4, -0.2) is 47.9 Å². The topological polar surface area (TPSA) is 27.7 Å². The number of hydrogen-bond acceptors (Lipinski definition) is 3. The Labute approximate surface area is 102 Å². The third kappa shape index (κ3) is 7.59. The van der Waals surface area contributed by atoms with Crippen molar-refractivity contribution >= 4 is 9.53 Å². The van der Waals surface area contributed by atoms with Crippen LogP contribution in [0.25, 0.3) is 0 Å². The summed E-state index contributed by atoms with van der Waals surface area (Å²) in [4.78, 5) is 0. The van der Waals surface area contributed by atoms with Crippen LogP contribution in [0.5, 0.6) is 0 Å². The third-order valence-electron chi connectivity index (χ3n) is 1.32. The lowest BCUT2D eigenvalue weighted by Gasteiger charge is -2.21. The van der Waals surface area contributed by atoms with Gasteiger partial charge < -0.3 is 13.3 Å². The van der Waals surface area contributed by atoms with Crippen LogP contribution >= 0.6 is 0 Å². The monoisotopic (exact) mass is 326 g/mol. The van der Waals surface area contributed by atoms with E-state index in [1.807, 2.05) is 0 Å². The zero-order valence-corrected chi connectivity index (χ0v) is 9.82. The second kappa shape index (κ2) is 8.60. The molecule has 0 spiro atoms. The molecule has 0 aromatic rings. The van der Waals surface area contributed by atoms with Gasteiger partial charge in [-0.15, -0.1) is 0 Å². The van der Waals surface area contributed by atoms with Crippen LogP contribution in [0.4, 0.5) is 39.5 Å². The van der Waals surface area contributed by atoms with Crippen molar-refractivity contribution in [1.29, 1.82) is 0 Å². The maximum absolute atomic E-state index is 12.4. The minimum Gasteiger partial charge on any atom is -0.340 e. The van der Waals surface area contributed by atoms with Crippen LogP contribution in [0, 0.1) is 0 Å². The maximum Gasteiger partial charge on any atom is 0.491 e. The molecule has 13 heteroatoms. The van der Waals surface area contributed by atoms with Crippen LogP contribution in [0.15, 0.2) is 0 Å². The summed E-state index contributed by atoms with van der Waals surface area (Å²) < 4.78 is 118. The van der Waals surface area contributed by atoms with Crippen molar-refractivity contribution in [2.45, 2.75) is 38.3 Å². The fraction of sp³-hybridized carbons (Fsp3) is 1.00. The highest BCUT2D eigenvalue weighted by molar-refractivity contribution is 6.36. The Morgan fingerprint density at radius 2 is 0.684 bits per heavy atom. The van der Waals surface area contributed by atoms with E-state index in [4.69, 9.17) is 0 Å². The Hall–Kier alpha value is -0.533. The van der Waals surface area contributed by atoms with Crippen LogP contribution in [-0.2, 0) is 13.3 Å². The molecule has 0 saturated carbocycles. The Morgan fingerprint density at radius 3 is 0.842 bits per heavy atom. The fourth-order valence-corrected chi connectivity index (χ4v) is 1.78. The van der Waals surface area contributed by atoms with E-state index in [-0.39, 0.29) is 0 Å². The minimum atomic E-state index is -4.64. The highest BCUT2D eigenvalue weighted by Gasteiger charge is 2.36. The van der Waals surface area contributed by atoms with Crippen molar-refractivity contribution in [2.24, 2.45) is 0 Å². The summed E-state index contributed by atoms with van der Waals surface area (Å²) in [6.07, 6.45) is -21.9. The smallest absolute Gasteiger partial charge is 0.340 e. The summed E-state index contributed by atoms with van der Waals surface area (Å²) in [5.74, 6) is 0. The van der Waals surface area contributed by atoms with Gasteiger partial charge >= 0.3 is 9.53 Å². The van der Waals surface area contributed by atoms with Gasteiger partial charge in [0.15, 0.2) is 0 Å². The van der Waals surface area contributed by atoms with Crippen LogP contribution in [0.1, 0.15) is 0 Å². The van der Waals surface area contributed by atoms with E-state index in [9.17, 15) is 39.5 Å². The van der Waals surface area contributed by atoms with Crippen molar-refractivity contribution < 1.29 is 52.8 Å². The molecule has 116 valence electrons. The van der Waals surface area contributed by atoms with Crippen LogP contribution in [0.2, 0.25) is 0 Å². The SMILES string of the molecule is FC(F)C(F)O[SiH](OC(F)C(F)F)OC(F)C(F)F. The first-order chi connectivity index (χ1) is 8.65. The molecule has 0 radical (unpaired) electrons. The quantitative estimate of drug-likeness (QED) is 0.481. The lowest BCUT2D eigenvalue weighted by Crippen LogP contribution is -2.40. The molecule has 3 atom stereocenters. The highest BCUT2D eigenvalue weighted by Crippen LogP contribution is 2.17. The highest BCUT2D eigenvalue weighted by atomic mass is 28.3. The van der Waals surface area contributed by atoms with E-state index in [1.54, 1.807) is 0 Å². The van der Waals surface area contributed by atoms with E-state index in [0.717, 1.165) is 0 Å². The number of halogens is 9. The standard InChI is InChI=1S/C6H7F9O3Si/c7-1(8)4(13)16-19(17-5(14)2(9)10)18-6(15)3(11)12/h1-6,19H. The number of rotatable bonds is 9. The Balaban J connectivity index is 4.54. The molecule has 0 rings (SSSR count). The minimum absolute atomic E-state index is 3.48. The fourth-order valence-electron chi connectivity index (χ4n) is 0.593. The normalized spacial score (nSPS) is 18.9. The second-order valence-electron chi connectivity index (χ2n) is 2.75. The van der Waals surface area contributed by atoms with E-state index >= 15 is 0 Å². The zero-order valence-electron chi connectivity index (χ0n) is 8.67. The second-order valence-corrected chi connectivity index (χ2v) is 4.15. The zero-order chi connectivity index (χ0) is 15.2. The van der Waals surface area contributed by atoms with Gasteiger partial charge in [0.25, 0.3) is 38.3 Å². The van der Waals surface area contributed by atoms with Gasteiger partial charge in [-0.2, -0.15) is 0 Å². The molecular formula is C6H7F9O3Si. The third-order valence-corrected chi connectivity index (χ3v) is 2.76. The van der Waals surface area contributed by atoms with Gasteiger partial charge in [0.05, 0.1) is 0 Å². The molecule has 0 aromatic carbocycles. The molecule has 0 heterocycles. The van der Waals surface area contributed by atoms with E-state index in [0.29, 0.717) is 0 Å². The summed E-state index contributed by atoms with van der Waals surface area (Å²) in [5.41, 5.74) is 0. The molecule has 0 amide bonds. The van der Waals surface area contributed by atoms with Gasteiger partial charge in [0.1, 0.15) is 0 Å². The first kappa shape index (κ1) is 18.5. The summed E-state index contributed by atoms with van der Waals surface area (Å²) in [6.45, 7) is 0. The summed E-state index contributed by atoms with van der Waals surface area (Å²) in [6, 6.07) is 0. The molecule has 3 nitrogen and oxygen atoms in total. The van der Waals surface area contributed by atoms with Gasteiger partial charge in [-0.25, -0.2) is 39.5 Å². The molecule has 0 aliphatic rings. The lowest BCUT2D eigenvalue weighted by atomic mass is 10.7. The summed E-state index contributed by atoms with van der Waals surface area (Å²) in [5, 5.41) is 0. The van der Waals surface area contributed by atoms with Crippen LogP contribution < -0.4 is 0 Å². The molecule has 0 aromatic heterocycles. The van der Waals surface area contributed by atoms with Gasteiger partial charge in [0, 0.05) is 0 Å². The maximum atomic E-state index is 12.4. The predicted octanol–water partition coefficient (Wildman–Crippen LogP) is 2.44. The van der Waals surface area contributed by atoms with Gasteiger partial charge in [-0.05, 0) is 0 Å². The van der Waals surface area contributed by atoms with Crippen molar-refractivity contribution in [3.8, 4) is 0 Å².